The predicted octanol–water partition coefficient (Wildman–Crippen LogP) is 4.40. The van der Waals surface area contributed by atoms with Crippen molar-refractivity contribution in [3.05, 3.63) is 65.6 Å². The van der Waals surface area contributed by atoms with Gasteiger partial charge >= 0.3 is 0 Å². The molecule has 0 spiro atoms. The minimum Gasteiger partial charge on any atom is -0.465 e. The van der Waals surface area contributed by atoms with E-state index in [0.717, 1.165) is 39.1 Å². The maximum absolute atomic E-state index is 12.5. The van der Waals surface area contributed by atoms with Crippen LogP contribution < -0.4 is 0 Å². The fraction of sp³-hybridized carbons (Fsp3) is 0.458. The molecule has 1 aliphatic heterocycles. The number of likely N-dealkylation sites (tertiary alicyclic amines) is 1. The first kappa shape index (κ1) is 20.4. The summed E-state index contributed by atoms with van der Waals surface area (Å²) in [7, 11) is 0. The van der Waals surface area contributed by atoms with Crippen LogP contribution in [0.15, 0.2) is 53.2 Å². The van der Waals surface area contributed by atoms with Gasteiger partial charge in [-0.2, -0.15) is 0 Å². The average Bonchev–Trinajstić information content (AvgIpc) is 3.24. The fourth-order valence-corrected chi connectivity index (χ4v) is 3.89. The van der Waals surface area contributed by atoms with Gasteiger partial charge in [0, 0.05) is 25.7 Å². The van der Waals surface area contributed by atoms with E-state index in [1.165, 1.54) is 24.0 Å². The largest absolute Gasteiger partial charge is 0.465 e. The zero-order chi connectivity index (χ0) is 19.8. The molecule has 4 nitrogen and oxygen atoms in total. The van der Waals surface area contributed by atoms with Gasteiger partial charge in [-0.05, 0) is 81.5 Å². The lowest BCUT2D eigenvalue weighted by Crippen LogP contribution is -2.41. The van der Waals surface area contributed by atoms with E-state index in [0.29, 0.717) is 11.7 Å². The van der Waals surface area contributed by atoms with Gasteiger partial charge < -0.3 is 14.2 Å². The van der Waals surface area contributed by atoms with Crippen LogP contribution in [-0.2, 0) is 11.2 Å². The Hall–Kier alpha value is -2.33. The van der Waals surface area contributed by atoms with Crippen LogP contribution in [0, 0.1) is 12.8 Å². The molecule has 0 aliphatic carbocycles. The standard InChI is InChI=1S/C24H32N2O2/c1-3-26(24(27)11-10-23-9-6-18-28-23)19-21-12-15-25(16-13-21)17-14-22-8-5-4-7-20(22)2/h4-11,18,21H,3,12-17,19H2,1-2H3. The summed E-state index contributed by atoms with van der Waals surface area (Å²) in [5.74, 6) is 1.38. The molecule has 1 aromatic carbocycles. The first-order valence-electron chi connectivity index (χ1n) is 10.4. The minimum atomic E-state index is 0.0703. The molecule has 2 heterocycles. The van der Waals surface area contributed by atoms with Gasteiger partial charge in [0.25, 0.3) is 0 Å². The van der Waals surface area contributed by atoms with Crippen molar-refractivity contribution in [2.75, 3.05) is 32.7 Å². The number of aryl methyl sites for hydroxylation is 1. The number of piperidine rings is 1. The molecule has 0 bridgehead atoms. The van der Waals surface area contributed by atoms with E-state index in [1.54, 1.807) is 18.4 Å². The van der Waals surface area contributed by atoms with Crippen LogP contribution in [0.1, 0.15) is 36.7 Å². The molecule has 0 N–H and O–H groups in total. The first-order chi connectivity index (χ1) is 13.7. The molecule has 28 heavy (non-hydrogen) atoms. The quantitative estimate of drug-likeness (QED) is 0.637. The van der Waals surface area contributed by atoms with Gasteiger partial charge in [0.05, 0.1) is 6.26 Å². The van der Waals surface area contributed by atoms with E-state index in [9.17, 15) is 4.79 Å². The lowest BCUT2D eigenvalue weighted by Gasteiger charge is -2.34. The van der Waals surface area contributed by atoms with Crippen molar-refractivity contribution >= 4 is 12.0 Å². The van der Waals surface area contributed by atoms with Gasteiger partial charge in [-0.25, -0.2) is 0 Å². The minimum absolute atomic E-state index is 0.0703. The third-order valence-electron chi connectivity index (χ3n) is 5.77. The number of hydrogen-bond donors (Lipinski definition) is 0. The zero-order valence-corrected chi connectivity index (χ0v) is 17.1. The molecule has 3 rings (SSSR count). The van der Waals surface area contributed by atoms with E-state index >= 15 is 0 Å². The number of amides is 1. The number of hydrogen-bond acceptors (Lipinski definition) is 3. The van der Waals surface area contributed by atoms with E-state index in [1.807, 2.05) is 17.0 Å². The topological polar surface area (TPSA) is 36.7 Å². The van der Waals surface area contributed by atoms with E-state index in [2.05, 4.69) is 43.0 Å². The van der Waals surface area contributed by atoms with Gasteiger partial charge in [-0.3, -0.25) is 4.79 Å². The van der Waals surface area contributed by atoms with Crippen molar-refractivity contribution in [2.45, 2.75) is 33.1 Å². The highest BCUT2D eigenvalue weighted by molar-refractivity contribution is 5.91. The maximum atomic E-state index is 12.5. The van der Waals surface area contributed by atoms with Crippen molar-refractivity contribution in [3.8, 4) is 0 Å². The molecule has 0 radical (unpaired) electrons. The second kappa shape index (κ2) is 10.3. The van der Waals surface area contributed by atoms with Gasteiger partial charge in [-0.1, -0.05) is 24.3 Å². The second-order valence-electron chi connectivity index (χ2n) is 7.69. The molecule has 1 amide bonds. The van der Waals surface area contributed by atoms with Gasteiger partial charge in [0.1, 0.15) is 5.76 Å². The summed E-state index contributed by atoms with van der Waals surface area (Å²) in [6.45, 7) is 9.22. The van der Waals surface area contributed by atoms with Crippen LogP contribution in [0.4, 0.5) is 0 Å². The summed E-state index contributed by atoms with van der Waals surface area (Å²) in [6.07, 6.45) is 8.45. The Balaban J connectivity index is 1.42. The average molecular weight is 381 g/mol. The Morgan fingerprint density at radius 1 is 1.21 bits per heavy atom. The Morgan fingerprint density at radius 2 is 2.00 bits per heavy atom. The maximum Gasteiger partial charge on any atom is 0.246 e. The van der Waals surface area contributed by atoms with E-state index in [4.69, 9.17) is 4.42 Å². The Kier molecular flexibility index (Phi) is 7.49. The molecule has 1 fully saturated rings. The number of likely N-dealkylation sites (N-methyl/N-ethyl adjacent to an activating group) is 1. The van der Waals surface area contributed by atoms with Crippen LogP contribution in [0.3, 0.4) is 0 Å². The SMILES string of the molecule is CCN(CC1CCN(CCc2ccccc2C)CC1)C(=O)C=Cc1ccco1. The molecule has 0 unspecified atom stereocenters. The Morgan fingerprint density at radius 3 is 2.68 bits per heavy atom. The van der Waals surface area contributed by atoms with Crippen molar-refractivity contribution in [1.82, 2.24) is 9.80 Å². The monoisotopic (exact) mass is 380 g/mol. The summed E-state index contributed by atoms with van der Waals surface area (Å²) < 4.78 is 5.26. The molecule has 1 saturated heterocycles. The lowest BCUT2D eigenvalue weighted by molar-refractivity contribution is -0.126. The normalized spacial score (nSPS) is 15.9. The molecular weight excluding hydrogens is 348 g/mol. The zero-order valence-electron chi connectivity index (χ0n) is 17.1. The van der Waals surface area contributed by atoms with E-state index in [-0.39, 0.29) is 5.91 Å². The Labute approximate surface area is 168 Å². The fourth-order valence-electron chi connectivity index (χ4n) is 3.89. The van der Waals surface area contributed by atoms with Crippen LogP contribution in [0.2, 0.25) is 0 Å². The summed E-state index contributed by atoms with van der Waals surface area (Å²) in [6, 6.07) is 12.4. The number of carbonyl (C=O) groups excluding carboxylic acids is 1. The second-order valence-corrected chi connectivity index (χ2v) is 7.69. The molecule has 4 heteroatoms. The van der Waals surface area contributed by atoms with Crippen LogP contribution in [0.25, 0.3) is 6.08 Å². The van der Waals surface area contributed by atoms with Crippen molar-refractivity contribution in [2.24, 2.45) is 5.92 Å². The van der Waals surface area contributed by atoms with Crippen molar-refractivity contribution < 1.29 is 9.21 Å². The molecule has 1 aliphatic rings. The lowest BCUT2D eigenvalue weighted by atomic mass is 9.95. The highest BCUT2D eigenvalue weighted by atomic mass is 16.3. The highest BCUT2D eigenvalue weighted by Crippen LogP contribution is 2.19. The molecule has 0 atom stereocenters. The third-order valence-corrected chi connectivity index (χ3v) is 5.77. The van der Waals surface area contributed by atoms with Crippen molar-refractivity contribution in [3.63, 3.8) is 0 Å². The number of benzene rings is 1. The predicted molar refractivity (Wildman–Crippen MR) is 114 cm³/mol. The number of carbonyl (C=O) groups is 1. The summed E-state index contributed by atoms with van der Waals surface area (Å²) in [5, 5.41) is 0. The smallest absolute Gasteiger partial charge is 0.246 e. The number of rotatable bonds is 8. The summed E-state index contributed by atoms with van der Waals surface area (Å²) >= 11 is 0. The molecule has 2 aromatic rings. The summed E-state index contributed by atoms with van der Waals surface area (Å²) in [5.41, 5.74) is 2.84. The van der Waals surface area contributed by atoms with Crippen LogP contribution in [-0.4, -0.2) is 48.4 Å². The molecule has 150 valence electrons. The highest BCUT2D eigenvalue weighted by Gasteiger charge is 2.22. The third kappa shape index (κ3) is 5.83. The van der Waals surface area contributed by atoms with Gasteiger partial charge in [-0.15, -0.1) is 0 Å². The molecule has 0 saturated carbocycles. The Bertz CT molecular complexity index is 759. The molecular formula is C24H32N2O2. The van der Waals surface area contributed by atoms with E-state index < -0.39 is 0 Å². The van der Waals surface area contributed by atoms with Crippen LogP contribution >= 0.6 is 0 Å². The van der Waals surface area contributed by atoms with Gasteiger partial charge in [0.2, 0.25) is 5.91 Å². The van der Waals surface area contributed by atoms with Crippen LogP contribution in [0.5, 0.6) is 0 Å². The first-order valence-corrected chi connectivity index (χ1v) is 10.4. The number of nitrogens with zero attached hydrogens (tertiary/aromatic N) is 2. The summed E-state index contributed by atoms with van der Waals surface area (Å²) in [4.78, 5) is 17.0. The molecule has 1 aromatic heterocycles. The van der Waals surface area contributed by atoms with Gasteiger partial charge in [0.15, 0.2) is 0 Å². The van der Waals surface area contributed by atoms with Crippen molar-refractivity contribution in [1.29, 1.82) is 0 Å². The number of furan rings is 1.